The van der Waals surface area contributed by atoms with E-state index in [4.69, 9.17) is 0 Å². The summed E-state index contributed by atoms with van der Waals surface area (Å²) in [5.74, 6) is -0.223. The Morgan fingerprint density at radius 2 is 1.69 bits per heavy atom. The van der Waals surface area contributed by atoms with Gasteiger partial charge in [0.2, 0.25) is 5.91 Å². The van der Waals surface area contributed by atoms with Gasteiger partial charge in [0.05, 0.1) is 0 Å². The number of rotatable bonds is 3. The number of fused-ring (bicyclic) bond motifs is 2. The van der Waals surface area contributed by atoms with Crippen LogP contribution in [0.4, 0.5) is 10.5 Å². The lowest BCUT2D eigenvalue weighted by Crippen LogP contribution is -2.46. The van der Waals surface area contributed by atoms with Gasteiger partial charge < -0.3 is 10.2 Å². The van der Waals surface area contributed by atoms with Crippen LogP contribution in [0.3, 0.4) is 0 Å². The third-order valence-corrected chi connectivity index (χ3v) is 7.47. The monoisotopic (exact) mass is 377 g/mol. The molecule has 2 N–H and O–H groups in total. The molecule has 1 atom stereocenters. The van der Waals surface area contributed by atoms with E-state index >= 15 is 0 Å². The Bertz CT molecular complexity index is 862. The Kier molecular flexibility index (Phi) is 4.17. The van der Waals surface area contributed by atoms with Crippen LogP contribution >= 0.6 is 0 Å². The molecule has 3 amide bonds. The van der Waals surface area contributed by atoms with E-state index in [-0.39, 0.29) is 18.7 Å². The van der Waals surface area contributed by atoms with Crippen molar-refractivity contribution in [3.63, 3.8) is 0 Å². The van der Waals surface area contributed by atoms with Crippen LogP contribution < -0.4 is 10.0 Å². The van der Waals surface area contributed by atoms with Crippen LogP contribution in [0.25, 0.3) is 0 Å². The first kappa shape index (κ1) is 17.3. The maximum atomic E-state index is 12.5. The van der Waals surface area contributed by atoms with Gasteiger partial charge in [-0.25, -0.2) is 17.9 Å². The van der Waals surface area contributed by atoms with Gasteiger partial charge in [-0.1, -0.05) is 6.07 Å². The first-order chi connectivity index (χ1) is 12.4. The summed E-state index contributed by atoms with van der Waals surface area (Å²) in [5.41, 5.74) is 5.63. The predicted octanol–water partition coefficient (Wildman–Crippen LogP) is 1.69. The highest BCUT2D eigenvalue weighted by Gasteiger charge is 2.38. The van der Waals surface area contributed by atoms with Gasteiger partial charge >= 0.3 is 6.03 Å². The molecule has 1 aliphatic heterocycles. The standard InChI is InChI=1S/C18H23N3O4S/c1-21-15(22)8-9-16(21)26(24,25)20-18(23)19-17-13-6-2-4-11(13)10-12-5-3-7-14(12)17/h10,16H,2-9H2,1H3,(H2,19,20,23). The topological polar surface area (TPSA) is 95.6 Å². The van der Waals surface area contributed by atoms with Crippen molar-refractivity contribution in [2.24, 2.45) is 0 Å². The summed E-state index contributed by atoms with van der Waals surface area (Å²) >= 11 is 0. The molecule has 1 aromatic rings. The number of likely N-dealkylation sites (tertiary alicyclic amines) is 1. The number of benzene rings is 1. The lowest BCUT2D eigenvalue weighted by atomic mass is 9.99. The zero-order chi connectivity index (χ0) is 18.5. The number of nitrogens with one attached hydrogen (secondary N) is 2. The first-order valence-corrected chi connectivity index (χ1v) is 10.7. The molecule has 1 fully saturated rings. The molecule has 0 aromatic heterocycles. The van der Waals surface area contributed by atoms with E-state index in [1.807, 2.05) is 0 Å². The summed E-state index contributed by atoms with van der Waals surface area (Å²) in [6.45, 7) is 0. The summed E-state index contributed by atoms with van der Waals surface area (Å²) < 4.78 is 27.1. The lowest BCUT2D eigenvalue weighted by Gasteiger charge is -2.21. The van der Waals surface area contributed by atoms with Crippen molar-refractivity contribution in [3.8, 4) is 0 Å². The van der Waals surface area contributed by atoms with Crippen LogP contribution in [0.5, 0.6) is 0 Å². The number of urea groups is 1. The molecule has 3 aliphatic rings. The predicted molar refractivity (Wildman–Crippen MR) is 97.4 cm³/mol. The number of hydrogen-bond donors (Lipinski definition) is 2. The Morgan fingerprint density at radius 3 is 2.23 bits per heavy atom. The number of sulfonamides is 1. The van der Waals surface area contributed by atoms with Crippen LogP contribution in [0, 0.1) is 0 Å². The first-order valence-electron chi connectivity index (χ1n) is 9.11. The van der Waals surface area contributed by atoms with Crippen molar-refractivity contribution in [2.45, 2.75) is 56.7 Å². The largest absolute Gasteiger partial charge is 0.332 e. The van der Waals surface area contributed by atoms with E-state index in [0.29, 0.717) is 0 Å². The quantitative estimate of drug-likeness (QED) is 0.838. The number of hydrogen-bond acceptors (Lipinski definition) is 4. The normalized spacial score (nSPS) is 21.7. The Labute approximate surface area is 153 Å². The number of carbonyl (C=O) groups is 2. The zero-order valence-electron chi connectivity index (χ0n) is 14.8. The zero-order valence-corrected chi connectivity index (χ0v) is 15.6. The molecule has 1 saturated heterocycles. The maximum absolute atomic E-state index is 12.5. The second kappa shape index (κ2) is 6.26. The molecule has 8 heteroatoms. The molecule has 1 unspecified atom stereocenters. The van der Waals surface area contributed by atoms with Crippen molar-refractivity contribution in [1.82, 2.24) is 9.62 Å². The third-order valence-electron chi connectivity index (χ3n) is 5.74. The van der Waals surface area contributed by atoms with Gasteiger partial charge in [-0.3, -0.25) is 4.79 Å². The van der Waals surface area contributed by atoms with Crippen LogP contribution in [0.1, 0.15) is 47.9 Å². The van der Waals surface area contributed by atoms with Crippen molar-refractivity contribution in [3.05, 3.63) is 28.3 Å². The van der Waals surface area contributed by atoms with Gasteiger partial charge in [-0.2, -0.15) is 0 Å². The van der Waals surface area contributed by atoms with E-state index in [9.17, 15) is 18.0 Å². The third kappa shape index (κ3) is 2.86. The van der Waals surface area contributed by atoms with Gasteiger partial charge in [0.1, 0.15) is 0 Å². The summed E-state index contributed by atoms with van der Waals surface area (Å²) in [5, 5.41) is 1.82. The fourth-order valence-corrected chi connectivity index (χ4v) is 5.85. The summed E-state index contributed by atoms with van der Waals surface area (Å²) in [4.78, 5) is 25.3. The Hall–Kier alpha value is -2.09. The van der Waals surface area contributed by atoms with Gasteiger partial charge in [-0.15, -0.1) is 0 Å². The SMILES string of the molecule is CN1C(=O)CCC1S(=O)(=O)NC(=O)Nc1c2c(cc3c1CCC3)CCC2. The minimum absolute atomic E-state index is 0.184. The molecule has 7 nitrogen and oxygen atoms in total. The molecule has 2 aliphatic carbocycles. The Morgan fingerprint density at radius 1 is 1.08 bits per heavy atom. The molecule has 1 aromatic carbocycles. The molecular weight excluding hydrogens is 354 g/mol. The number of carbonyl (C=O) groups excluding carboxylic acids is 2. The molecule has 140 valence electrons. The second-order valence-electron chi connectivity index (χ2n) is 7.33. The van der Waals surface area contributed by atoms with E-state index in [1.54, 1.807) is 0 Å². The highest BCUT2D eigenvalue weighted by molar-refractivity contribution is 7.90. The van der Waals surface area contributed by atoms with Gasteiger partial charge in [0.15, 0.2) is 5.37 Å². The van der Waals surface area contributed by atoms with Crippen LogP contribution in [-0.4, -0.2) is 37.7 Å². The minimum atomic E-state index is -3.95. The van der Waals surface area contributed by atoms with E-state index in [2.05, 4.69) is 16.1 Å². The fraction of sp³-hybridized carbons (Fsp3) is 0.556. The molecule has 0 saturated carbocycles. The van der Waals surface area contributed by atoms with Gasteiger partial charge in [0, 0.05) is 19.2 Å². The summed E-state index contributed by atoms with van der Waals surface area (Å²) in [6, 6.07) is 1.51. The molecule has 0 bridgehead atoms. The summed E-state index contributed by atoms with van der Waals surface area (Å²) in [6.07, 6.45) is 6.33. The number of aryl methyl sites for hydroxylation is 2. The molecule has 26 heavy (non-hydrogen) atoms. The molecular formula is C18H23N3O4S. The van der Waals surface area contributed by atoms with Gasteiger partial charge in [0.25, 0.3) is 10.0 Å². The molecule has 0 spiro atoms. The van der Waals surface area contributed by atoms with E-state index in [0.717, 1.165) is 55.3 Å². The highest BCUT2D eigenvalue weighted by Crippen LogP contribution is 2.38. The van der Waals surface area contributed by atoms with E-state index < -0.39 is 21.4 Å². The number of nitrogens with zero attached hydrogens (tertiary/aromatic N) is 1. The minimum Gasteiger partial charge on any atom is -0.327 e. The number of amides is 3. The fourth-order valence-electron chi connectivity index (χ4n) is 4.44. The molecule has 1 heterocycles. The van der Waals surface area contributed by atoms with Crippen LogP contribution in [0.15, 0.2) is 6.07 Å². The van der Waals surface area contributed by atoms with Gasteiger partial charge in [-0.05, 0) is 67.2 Å². The Balaban J connectivity index is 1.56. The smallest absolute Gasteiger partial charge is 0.327 e. The second-order valence-corrected chi connectivity index (χ2v) is 9.17. The average molecular weight is 377 g/mol. The van der Waals surface area contributed by atoms with Crippen molar-refractivity contribution in [2.75, 3.05) is 12.4 Å². The average Bonchev–Trinajstić information content (AvgIpc) is 3.28. The van der Waals surface area contributed by atoms with Crippen LogP contribution in [0.2, 0.25) is 0 Å². The van der Waals surface area contributed by atoms with E-state index in [1.165, 1.54) is 23.1 Å². The summed E-state index contributed by atoms with van der Waals surface area (Å²) in [7, 11) is -2.49. The van der Waals surface area contributed by atoms with Crippen molar-refractivity contribution in [1.29, 1.82) is 0 Å². The van der Waals surface area contributed by atoms with Crippen LogP contribution in [-0.2, 0) is 40.5 Å². The maximum Gasteiger partial charge on any atom is 0.332 e. The number of anilines is 1. The van der Waals surface area contributed by atoms with Crippen molar-refractivity contribution < 1.29 is 18.0 Å². The highest BCUT2D eigenvalue weighted by atomic mass is 32.2. The van der Waals surface area contributed by atoms with Crippen molar-refractivity contribution >= 4 is 27.6 Å². The lowest BCUT2D eigenvalue weighted by molar-refractivity contribution is -0.126. The molecule has 4 rings (SSSR count). The molecule has 0 radical (unpaired) electrons.